The predicted octanol–water partition coefficient (Wildman–Crippen LogP) is 3.22. The lowest BCUT2D eigenvalue weighted by molar-refractivity contribution is -0.132. The highest BCUT2D eigenvalue weighted by Gasteiger charge is 2.19. The number of rotatable bonds is 9. The first-order valence-corrected chi connectivity index (χ1v) is 10.2. The maximum atomic E-state index is 13.6. The Hall–Kier alpha value is -2.44. The number of carbonyl (C=O) groups is 1. The van der Waals surface area contributed by atoms with Crippen LogP contribution in [0.1, 0.15) is 30.0 Å². The van der Waals surface area contributed by atoms with E-state index in [9.17, 15) is 9.18 Å². The van der Waals surface area contributed by atoms with Crippen molar-refractivity contribution >= 4 is 5.91 Å². The Balaban J connectivity index is 1.56. The number of nitrogens with zero attached hydrogens (tertiary/aromatic N) is 2. The Morgan fingerprint density at radius 1 is 1.17 bits per heavy atom. The summed E-state index contributed by atoms with van der Waals surface area (Å²) in [6.45, 7) is 3.00. The van der Waals surface area contributed by atoms with Gasteiger partial charge in [-0.15, -0.1) is 0 Å². The normalized spacial score (nSPS) is 15.0. The Morgan fingerprint density at radius 3 is 2.66 bits per heavy atom. The largest absolute Gasteiger partial charge is 0.483 e. The SMILES string of the molecule is CN(C)C(CNCc1ccccc1OCC(=O)N1CCCC1)c1cccc(F)c1. The highest BCUT2D eigenvalue weighted by atomic mass is 19.1. The summed E-state index contributed by atoms with van der Waals surface area (Å²) in [5.74, 6) is 0.541. The van der Waals surface area contributed by atoms with Gasteiger partial charge in [-0.05, 0) is 50.7 Å². The van der Waals surface area contributed by atoms with Gasteiger partial charge in [-0.1, -0.05) is 30.3 Å². The second-order valence-electron chi connectivity index (χ2n) is 7.65. The molecule has 156 valence electrons. The molecule has 0 aromatic heterocycles. The quantitative estimate of drug-likeness (QED) is 0.703. The molecular weight excluding hydrogens is 369 g/mol. The molecule has 1 amide bonds. The number of halogens is 1. The first-order valence-electron chi connectivity index (χ1n) is 10.2. The average molecular weight is 400 g/mol. The zero-order valence-corrected chi connectivity index (χ0v) is 17.2. The average Bonchev–Trinajstić information content (AvgIpc) is 3.25. The van der Waals surface area contributed by atoms with Crippen molar-refractivity contribution in [1.82, 2.24) is 15.1 Å². The molecule has 1 fully saturated rings. The second-order valence-corrected chi connectivity index (χ2v) is 7.65. The van der Waals surface area contributed by atoms with Crippen LogP contribution in [0.15, 0.2) is 48.5 Å². The molecule has 1 unspecified atom stereocenters. The molecule has 5 nitrogen and oxygen atoms in total. The van der Waals surface area contributed by atoms with Gasteiger partial charge in [0, 0.05) is 37.8 Å². The van der Waals surface area contributed by atoms with Crippen LogP contribution in [0, 0.1) is 5.82 Å². The van der Waals surface area contributed by atoms with Crippen molar-refractivity contribution in [2.24, 2.45) is 0 Å². The Morgan fingerprint density at radius 2 is 1.93 bits per heavy atom. The molecule has 1 heterocycles. The number of likely N-dealkylation sites (tertiary alicyclic amines) is 1. The third-order valence-corrected chi connectivity index (χ3v) is 5.29. The standard InChI is InChI=1S/C23H30FN3O2/c1-26(2)21(18-9-7-10-20(24)14-18)16-25-15-19-8-3-4-11-22(19)29-17-23(28)27-12-5-6-13-27/h3-4,7-11,14,21,25H,5-6,12-13,15-17H2,1-2H3. The van der Waals surface area contributed by atoms with Gasteiger partial charge in [0.2, 0.25) is 0 Å². The van der Waals surface area contributed by atoms with Gasteiger partial charge in [0.25, 0.3) is 5.91 Å². The van der Waals surface area contributed by atoms with E-state index in [1.807, 2.05) is 49.3 Å². The van der Waals surface area contributed by atoms with Gasteiger partial charge in [0.15, 0.2) is 6.61 Å². The predicted molar refractivity (Wildman–Crippen MR) is 112 cm³/mol. The molecule has 0 bridgehead atoms. The molecule has 2 aromatic rings. The van der Waals surface area contributed by atoms with E-state index in [-0.39, 0.29) is 24.4 Å². The molecule has 1 aliphatic heterocycles. The van der Waals surface area contributed by atoms with Crippen molar-refractivity contribution < 1.29 is 13.9 Å². The summed E-state index contributed by atoms with van der Waals surface area (Å²) in [5.41, 5.74) is 1.93. The van der Waals surface area contributed by atoms with E-state index in [1.54, 1.807) is 12.1 Å². The van der Waals surface area contributed by atoms with Crippen LogP contribution in [-0.4, -0.2) is 56.0 Å². The summed E-state index contributed by atoms with van der Waals surface area (Å²) in [4.78, 5) is 16.2. The van der Waals surface area contributed by atoms with Crippen LogP contribution >= 0.6 is 0 Å². The Bertz CT molecular complexity index is 806. The summed E-state index contributed by atoms with van der Waals surface area (Å²) in [5, 5.41) is 3.44. The van der Waals surface area contributed by atoms with Crippen LogP contribution in [0.25, 0.3) is 0 Å². The molecule has 3 rings (SSSR count). The van der Waals surface area contributed by atoms with Gasteiger partial charge < -0.3 is 19.9 Å². The fraction of sp³-hybridized carbons (Fsp3) is 0.435. The van der Waals surface area contributed by atoms with E-state index in [0.717, 1.165) is 42.8 Å². The molecule has 6 heteroatoms. The Kier molecular flexibility index (Phi) is 7.61. The third kappa shape index (κ3) is 6.02. The zero-order chi connectivity index (χ0) is 20.6. The van der Waals surface area contributed by atoms with Crippen molar-refractivity contribution in [1.29, 1.82) is 0 Å². The van der Waals surface area contributed by atoms with Crippen molar-refractivity contribution in [3.05, 3.63) is 65.5 Å². The minimum Gasteiger partial charge on any atom is -0.483 e. The summed E-state index contributed by atoms with van der Waals surface area (Å²) in [6, 6.07) is 14.5. The molecule has 0 radical (unpaired) electrons. The number of likely N-dealkylation sites (N-methyl/N-ethyl adjacent to an activating group) is 1. The maximum absolute atomic E-state index is 13.6. The summed E-state index contributed by atoms with van der Waals surface area (Å²) in [7, 11) is 3.97. The monoisotopic (exact) mass is 399 g/mol. The van der Waals surface area contributed by atoms with E-state index in [4.69, 9.17) is 4.74 Å². The maximum Gasteiger partial charge on any atom is 0.260 e. The van der Waals surface area contributed by atoms with E-state index in [2.05, 4.69) is 10.2 Å². The zero-order valence-electron chi connectivity index (χ0n) is 17.2. The Labute approximate surface area is 172 Å². The lowest BCUT2D eigenvalue weighted by Gasteiger charge is -2.25. The van der Waals surface area contributed by atoms with Crippen molar-refractivity contribution in [3.63, 3.8) is 0 Å². The van der Waals surface area contributed by atoms with Gasteiger partial charge in [0.05, 0.1) is 0 Å². The fourth-order valence-electron chi connectivity index (χ4n) is 3.64. The smallest absolute Gasteiger partial charge is 0.260 e. The van der Waals surface area contributed by atoms with Crippen LogP contribution < -0.4 is 10.1 Å². The van der Waals surface area contributed by atoms with Gasteiger partial charge in [-0.3, -0.25) is 4.79 Å². The van der Waals surface area contributed by atoms with E-state index in [0.29, 0.717) is 13.1 Å². The van der Waals surface area contributed by atoms with Gasteiger partial charge >= 0.3 is 0 Å². The number of ether oxygens (including phenoxy) is 1. The molecule has 1 saturated heterocycles. The van der Waals surface area contributed by atoms with Crippen molar-refractivity contribution in [3.8, 4) is 5.75 Å². The van der Waals surface area contributed by atoms with Gasteiger partial charge in [-0.2, -0.15) is 0 Å². The molecule has 2 aromatic carbocycles. The number of hydrogen-bond donors (Lipinski definition) is 1. The van der Waals surface area contributed by atoms with Crippen LogP contribution in [0.4, 0.5) is 4.39 Å². The molecule has 0 aliphatic carbocycles. The summed E-state index contributed by atoms with van der Waals surface area (Å²) in [6.07, 6.45) is 2.15. The van der Waals surface area contributed by atoms with Crippen molar-refractivity contribution in [2.75, 3.05) is 40.3 Å². The highest BCUT2D eigenvalue weighted by Crippen LogP contribution is 2.21. The van der Waals surface area contributed by atoms with E-state index >= 15 is 0 Å². The first-order chi connectivity index (χ1) is 14.0. The third-order valence-electron chi connectivity index (χ3n) is 5.29. The van der Waals surface area contributed by atoms with E-state index in [1.165, 1.54) is 6.07 Å². The first kappa shape index (κ1) is 21.3. The molecule has 1 atom stereocenters. The van der Waals surface area contributed by atoms with Crippen LogP contribution in [-0.2, 0) is 11.3 Å². The topological polar surface area (TPSA) is 44.8 Å². The number of nitrogens with one attached hydrogen (secondary N) is 1. The van der Waals surface area contributed by atoms with Crippen molar-refractivity contribution in [2.45, 2.75) is 25.4 Å². The van der Waals surface area contributed by atoms with Crippen LogP contribution in [0.2, 0.25) is 0 Å². The number of benzene rings is 2. The molecular formula is C23H30FN3O2. The minimum atomic E-state index is -0.226. The number of hydrogen-bond acceptors (Lipinski definition) is 4. The molecule has 0 spiro atoms. The van der Waals surface area contributed by atoms with Crippen LogP contribution in [0.3, 0.4) is 0 Å². The molecule has 0 saturated carbocycles. The molecule has 29 heavy (non-hydrogen) atoms. The van der Waals surface area contributed by atoms with Crippen LogP contribution in [0.5, 0.6) is 5.75 Å². The summed E-state index contributed by atoms with van der Waals surface area (Å²) >= 11 is 0. The molecule has 1 N–H and O–H groups in total. The molecule has 1 aliphatic rings. The number of amides is 1. The van der Waals surface area contributed by atoms with Gasteiger partial charge in [0.1, 0.15) is 11.6 Å². The fourth-order valence-corrected chi connectivity index (χ4v) is 3.64. The summed E-state index contributed by atoms with van der Waals surface area (Å²) < 4.78 is 19.4. The lowest BCUT2D eigenvalue weighted by atomic mass is 10.1. The minimum absolute atomic E-state index is 0.0454. The van der Waals surface area contributed by atoms with E-state index < -0.39 is 0 Å². The highest BCUT2D eigenvalue weighted by molar-refractivity contribution is 5.78. The van der Waals surface area contributed by atoms with Gasteiger partial charge in [-0.25, -0.2) is 4.39 Å². The second kappa shape index (κ2) is 10.4. The number of carbonyl (C=O) groups excluding carboxylic acids is 1. The number of para-hydroxylation sites is 1. The lowest BCUT2D eigenvalue weighted by Crippen LogP contribution is -2.32.